The van der Waals surface area contributed by atoms with Gasteiger partial charge in [0.15, 0.2) is 0 Å². The number of benzene rings is 2. The molecular weight excluding hydrogens is 295 g/mol. The summed E-state index contributed by atoms with van der Waals surface area (Å²) < 4.78 is 5.38. The predicted octanol–water partition coefficient (Wildman–Crippen LogP) is 3.86. The standard InChI is InChI=1S/C15H16Cl2N2O/c1-9-7-10(3-5-13(9)17)15(19-18)12-8-11(16)4-6-14(12)20-2/h3-8,15,19H,18H2,1-2H3. The topological polar surface area (TPSA) is 47.3 Å². The van der Waals surface area contributed by atoms with Crippen LogP contribution in [-0.4, -0.2) is 7.11 Å². The number of ether oxygens (including phenoxy) is 1. The Kier molecular flexibility index (Phi) is 4.89. The highest BCUT2D eigenvalue weighted by atomic mass is 35.5. The summed E-state index contributed by atoms with van der Waals surface area (Å²) in [6, 6.07) is 11.0. The Bertz CT molecular complexity index is 617. The molecule has 0 aliphatic heterocycles. The molecule has 5 heteroatoms. The first-order valence-electron chi connectivity index (χ1n) is 6.12. The molecule has 0 spiro atoms. The van der Waals surface area contributed by atoms with Gasteiger partial charge in [-0.25, -0.2) is 5.43 Å². The molecule has 0 aliphatic rings. The number of nitrogens with one attached hydrogen (secondary N) is 1. The molecule has 0 saturated heterocycles. The Morgan fingerprint density at radius 2 is 1.90 bits per heavy atom. The molecule has 0 fully saturated rings. The van der Waals surface area contributed by atoms with Crippen molar-refractivity contribution < 1.29 is 4.74 Å². The fourth-order valence-electron chi connectivity index (χ4n) is 2.14. The lowest BCUT2D eigenvalue weighted by molar-refractivity contribution is 0.404. The summed E-state index contributed by atoms with van der Waals surface area (Å²) >= 11 is 12.1. The number of nitrogens with two attached hydrogens (primary N) is 1. The number of methoxy groups -OCH3 is 1. The van der Waals surface area contributed by atoms with Crippen LogP contribution in [0.25, 0.3) is 0 Å². The number of hydrazine groups is 1. The Balaban J connectivity index is 2.51. The molecule has 0 radical (unpaired) electrons. The summed E-state index contributed by atoms with van der Waals surface area (Å²) in [5.74, 6) is 6.44. The minimum absolute atomic E-state index is 0.223. The number of hydrogen-bond donors (Lipinski definition) is 2. The van der Waals surface area contributed by atoms with E-state index in [1.807, 2.05) is 37.3 Å². The minimum Gasteiger partial charge on any atom is -0.496 e. The van der Waals surface area contributed by atoms with E-state index < -0.39 is 0 Å². The highest BCUT2D eigenvalue weighted by Crippen LogP contribution is 2.33. The van der Waals surface area contributed by atoms with Gasteiger partial charge < -0.3 is 4.74 Å². The van der Waals surface area contributed by atoms with Crippen LogP contribution in [0.5, 0.6) is 5.75 Å². The zero-order chi connectivity index (χ0) is 14.7. The van der Waals surface area contributed by atoms with Crippen LogP contribution in [0.1, 0.15) is 22.7 Å². The molecule has 0 aromatic heterocycles. The first kappa shape index (κ1) is 15.1. The second kappa shape index (κ2) is 6.46. The summed E-state index contributed by atoms with van der Waals surface area (Å²) in [5.41, 5.74) is 5.67. The maximum absolute atomic E-state index is 6.07. The van der Waals surface area contributed by atoms with Crippen molar-refractivity contribution >= 4 is 23.2 Å². The normalized spacial score (nSPS) is 12.2. The van der Waals surface area contributed by atoms with E-state index in [4.69, 9.17) is 33.8 Å². The van der Waals surface area contributed by atoms with Crippen LogP contribution in [-0.2, 0) is 0 Å². The quantitative estimate of drug-likeness (QED) is 0.666. The highest BCUT2D eigenvalue weighted by Gasteiger charge is 2.18. The molecule has 2 aromatic carbocycles. The van der Waals surface area contributed by atoms with Crippen LogP contribution in [0.3, 0.4) is 0 Å². The number of aryl methyl sites for hydroxylation is 1. The van der Waals surface area contributed by atoms with E-state index in [1.54, 1.807) is 13.2 Å². The van der Waals surface area contributed by atoms with Gasteiger partial charge >= 0.3 is 0 Å². The zero-order valence-electron chi connectivity index (χ0n) is 11.3. The minimum atomic E-state index is -0.223. The van der Waals surface area contributed by atoms with Crippen molar-refractivity contribution in [1.29, 1.82) is 0 Å². The number of rotatable bonds is 4. The maximum Gasteiger partial charge on any atom is 0.124 e. The molecule has 1 atom stereocenters. The SMILES string of the molecule is COc1ccc(Cl)cc1C(NN)c1ccc(Cl)c(C)c1. The lowest BCUT2D eigenvalue weighted by Crippen LogP contribution is -2.29. The van der Waals surface area contributed by atoms with E-state index in [0.717, 1.165) is 27.5 Å². The van der Waals surface area contributed by atoms with E-state index in [-0.39, 0.29) is 6.04 Å². The third-order valence-electron chi connectivity index (χ3n) is 3.18. The maximum atomic E-state index is 6.07. The van der Waals surface area contributed by atoms with Gasteiger partial charge in [0.1, 0.15) is 5.75 Å². The fourth-order valence-corrected chi connectivity index (χ4v) is 2.44. The summed E-state index contributed by atoms with van der Waals surface area (Å²) in [6.45, 7) is 1.95. The Labute approximate surface area is 128 Å². The van der Waals surface area contributed by atoms with Crippen LogP contribution < -0.4 is 16.0 Å². The van der Waals surface area contributed by atoms with Gasteiger partial charge in [-0.3, -0.25) is 5.84 Å². The first-order chi connectivity index (χ1) is 9.56. The van der Waals surface area contributed by atoms with Crippen LogP contribution in [0.4, 0.5) is 0 Å². The number of hydrogen-bond acceptors (Lipinski definition) is 3. The van der Waals surface area contributed by atoms with Crippen molar-refractivity contribution in [3.63, 3.8) is 0 Å². The summed E-state index contributed by atoms with van der Waals surface area (Å²) in [7, 11) is 1.62. The number of halogens is 2. The van der Waals surface area contributed by atoms with Crippen LogP contribution in [0, 0.1) is 6.92 Å². The van der Waals surface area contributed by atoms with Crippen LogP contribution in [0.15, 0.2) is 36.4 Å². The molecule has 3 nitrogen and oxygen atoms in total. The van der Waals surface area contributed by atoms with Gasteiger partial charge in [-0.15, -0.1) is 0 Å². The first-order valence-corrected chi connectivity index (χ1v) is 6.88. The van der Waals surface area contributed by atoms with Gasteiger partial charge in [-0.2, -0.15) is 0 Å². The second-order valence-corrected chi connectivity index (χ2v) is 5.34. The van der Waals surface area contributed by atoms with Crippen LogP contribution in [0.2, 0.25) is 10.0 Å². The van der Waals surface area contributed by atoms with Gasteiger partial charge in [-0.1, -0.05) is 35.3 Å². The monoisotopic (exact) mass is 310 g/mol. The third-order valence-corrected chi connectivity index (χ3v) is 3.84. The average molecular weight is 311 g/mol. The predicted molar refractivity (Wildman–Crippen MR) is 83.4 cm³/mol. The van der Waals surface area contributed by atoms with Gasteiger partial charge in [0, 0.05) is 15.6 Å². The van der Waals surface area contributed by atoms with Crippen molar-refractivity contribution in [2.24, 2.45) is 5.84 Å². The molecule has 0 bridgehead atoms. The Morgan fingerprint density at radius 3 is 2.50 bits per heavy atom. The second-order valence-electron chi connectivity index (χ2n) is 4.49. The molecule has 106 valence electrons. The largest absolute Gasteiger partial charge is 0.496 e. The van der Waals surface area contributed by atoms with E-state index in [9.17, 15) is 0 Å². The molecular formula is C15H16Cl2N2O. The van der Waals surface area contributed by atoms with Gasteiger partial charge in [-0.05, 0) is 42.3 Å². The van der Waals surface area contributed by atoms with E-state index in [1.165, 1.54) is 0 Å². The smallest absolute Gasteiger partial charge is 0.124 e. The zero-order valence-corrected chi connectivity index (χ0v) is 12.8. The molecule has 2 rings (SSSR count). The molecule has 20 heavy (non-hydrogen) atoms. The van der Waals surface area contributed by atoms with E-state index in [2.05, 4.69) is 5.43 Å². The fraction of sp³-hybridized carbons (Fsp3) is 0.200. The van der Waals surface area contributed by atoms with Crippen molar-refractivity contribution in [3.05, 3.63) is 63.1 Å². The Morgan fingerprint density at radius 1 is 1.15 bits per heavy atom. The van der Waals surface area contributed by atoms with Crippen molar-refractivity contribution in [2.75, 3.05) is 7.11 Å². The summed E-state index contributed by atoms with van der Waals surface area (Å²) in [6.07, 6.45) is 0. The molecule has 1 unspecified atom stereocenters. The van der Waals surface area contributed by atoms with Crippen LogP contribution >= 0.6 is 23.2 Å². The Hall–Kier alpha value is -1.26. The van der Waals surface area contributed by atoms with Gasteiger partial charge in [0.05, 0.1) is 13.2 Å². The van der Waals surface area contributed by atoms with E-state index in [0.29, 0.717) is 5.02 Å². The van der Waals surface area contributed by atoms with E-state index >= 15 is 0 Å². The summed E-state index contributed by atoms with van der Waals surface area (Å²) in [4.78, 5) is 0. The molecule has 3 N–H and O–H groups in total. The van der Waals surface area contributed by atoms with Crippen molar-refractivity contribution in [3.8, 4) is 5.75 Å². The molecule has 0 saturated carbocycles. The van der Waals surface area contributed by atoms with Crippen molar-refractivity contribution in [2.45, 2.75) is 13.0 Å². The van der Waals surface area contributed by atoms with Gasteiger partial charge in [0.2, 0.25) is 0 Å². The molecule has 0 heterocycles. The third kappa shape index (κ3) is 3.07. The molecule has 2 aromatic rings. The molecule has 0 amide bonds. The van der Waals surface area contributed by atoms with Gasteiger partial charge in [0.25, 0.3) is 0 Å². The van der Waals surface area contributed by atoms with Crippen molar-refractivity contribution in [1.82, 2.24) is 5.43 Å². The molecule has 0 aliphatic carbocycles. The summed E-state index contributed by atoms with van der Waals surface area (Å²) in [5, 5.41) is 1.36. The average Bonchev–Trinajstić information content (AvgIpc) is 2.44. The lowest BCUT2D eigenvalue weighted by atomic mass is 9.97. The highest BCUT2D eigenvalue weighted by molar-refractivity contribution is 6.31. The lowest BCUT2D eigenvalue weighted by Gasteiger charge is -2.20.